The summed E-state index contributed by atoms with van der Waals surface area (Å²) in [6, 6.07) is 0.563. The van der Waals surface area contributed by atoms with Crippen molar-refractivity contribution in [2.45, 2.75) is 82.6 Å². The van der Waals surface area contributed by atoms with E-state index >= 15 is 0 Å². The van der Waals surface area contributed by atoms with Crippen molar-refractivity contribution in [3.05, 3.63) is 17.5 Å². The quantitative estimate of drug-likeness (QED) is 0.788. The molecule has 1 aromatic rings. The number of carbonyl (C=O) groups excluding carboxylic acids is 1. The molecule has 4 bridgehead atoms. The summed E-state index contributed by atoms with van der Waals surface area (Å²) in [5.74, 6) is 1.76. The lowest BCUT2D eigenvalue weighted by atomic mass is 9.52. The van der Waals surface area contributed by atoms with Gasteiger partial charge in [-0.05, 0) is 76.5 Å². The minimum absolute atomic E-state index is 0.188. The van der Waals surface area contributed by atoms with E-state index in [1.165, 1.54) is 12.8 Å². The van der Waals surface area contributed by atoms with Gasteiger partial charge >= 0.3 is 0 Å². The Morgan fingerprint density at radius 2 is 2.03 bits per heavy atom. The Kier molecular flexibility index (Phi) is 4.59. The molecule has 158 valence electrons. The van der Waals surface area contributed by atoms with E-state index in [2.05, 4.69) is 23.7 Å². The maximum absolute atomic E-state index is 12.0. The third kappa shape index (κ3) is 3.22. The summed E-state index contributed by atoms with van der Waals surface area (Å²) in [7, 11) is 0. The Morgan fingerprint density at radius 3 is 2.59 bits per heavy atom. The Morgan fingerprint density at radius 1 is 1.31 bits per heavy atom. The topological polar surface area (TPSA) is 102 Å². The zero-order valence-electron chi connectivity index (χ0n) is 17.4. The van der Waals surface area contributed by atoms with Gasteiger partial charge in [0.05, 0.1) is 16.9 Å². The Hall–Kier alpha value is -1.73. The number of anilines is 1. The standard InChI is InChI=1S/C22H32N4O3/c1-12(2)26(19-14-6-13-7-15(19)10-22(28,8-13)9-14)21-24-11-16(20(23)27)18(25-21)17-4-3-5-29-17/h11-15,17,19,28H,3-10H2,1-2H3,(H2,23,27). The minimum Gasteiger partial charge on any atom is -0.390 e. The highest BCUT2D eigenvalue weighted by atomic mass is 16.5. The van der Waals surface area contributed by atoms with Crippen molar-refractivity contribution >= 4 is 11.9 Å². The van der Waals surface area contributed by atoms with Gasteiger partial charge in [-0.1, -0.05) is 0 Å². The van der Waals surface area contributed by atoms with Crippen molar-refractivity contribution < 1.29 is 14.6 Å². The van der Waals surface area contributed by atoms with Crippen molar-refractivity contribution in [1.82, 2.24) is 9.97 Å². The van der Waals surface area contributed by atoms with E-state index in [0.29, 0.717) is 47.6 Å². The second kappa shape index (κ2) is 6.91. The molecule has 5 aliphatic rings. The zero-order valence-corrected chi connectivity index (χ0v) is 17.4. The number of ether oxygens (including phenoxy) is 1. The van der Waals surface area contributed by atoms with Gasteiger partial charge in [0.2, 0.25) is 5.95 Å². The molecule has 5 fully saturated rings. The molecule has 3 N–H and O–H groups in total. The molecule has 29 heavy (non-hydrogen) atoms. The molecular formula is C22H32N4O3. The molecule has 1 aromatic heterocycles. The third-order valence-electron chi connectivity index (χ3n) is 7.61. The minimum atomic E-state index is -0.505. The van der Waals surface area contributed by atoms with Crippen molar-refractivity contribution in [3.8, 4) is 0 Å². The molecule has 0 spiro atoms. The number of aromatic nitrogens is 2. The van der Waals surface area contributed by atoms with Gasteiger partial charge in [-0.3, -0.25) is 4.79 Å². The monoisotopic (exact) mass is 400 g/mol. The van der Waals surface area contributed by atoms with Crippen molar-refractivity contribution in [2.75, 3.05) is 11.5 Å². The summed E-state index contributed by atoms with van der Waals surface area (Å²) in [6.07, 6.45) is 8.31. The molecule has 4 saturated carbocycles. The molecule has 7 nitrogen and oxygen atoms in total. The predicted molar refractivity (Wildman–Crippen MR) is 108 cm³/mol. The number of carbonyl (C=O) groups is 1. The molecule has 7 heteroatoms. The van der Waals surface area contributed by atoms with Crippen LogP contribution in [-0.2, 0) is 4.74 Å². The largest absolute Gasteiger partial charge is 0.390 e. The molecular weight excluding hydrogens is 368 g/mol. The highest BCUT2D eigenvalue weighted by molar-refractivity contribution is 5.93. The number of nitrogens with two attached hydrogens (primary N) is 1. The van der Waals surface area contributed by atoms with Gasteiger partial charge < -0.3 is 20.5 Å². The average molecular weight is 401 g/mol. The van der Waals surface area contributed by atoms with Crippen LogP contribution in [-0.4, -0.2) is 45.3 Å². The molecule has 1 aliphatic heterocycles. The van der Waals surface area contributed by atoms with E-state index in [4.69, 9.17) is 15.5 Å². The van der Waals surface area contributed by atoms with Crippen LogP contribution in [0.4, 0.5) is 5.95 Å². The lowest BCUT2D eigenvalue weighted by molar-refractivity contribution is -0.134. The van der Waals surface area contributed by atoms with Gasteiger partial charge in [0.1, 0.15) is 6.10 Å². The lowest BCUT2D eigenvalue weighted by Gasteiger charge is -2.60. The summed E-state index contributed by atoms with van der Waals surface area (Å²) in [4.78, 5) is 23.8. The maximum atomic E-state index is 12.0. The molecule has 1 amide bonds. The molecule has 0 radical (unpaired) electrons. The van der Waals surface area contributed by atoms with Gasteiger partial charge in [-0.2, -0.15) is 0 Å². The highest BCUT2D eigenvalue weighted by Crippen LogP contribution is 2.57. The molecule has 1 saturated heterocycles. The second-order valence-electron chi connectivity index (χ2n) is 10.0. The van der Waals surface area contributed by atoms with E-state index in [1.807, 2.05) is 0 Å². The first-order chi connectivity index (χ1) is 13.8. The van der Waals surface area contributed by atoms with Gasteiger partial charge in [0.25, 0.3) is 5.91 Å². The summed E-state index contributed by atoms with van der Waals surface area (Å²) < 4.78 is 5.83. The van der Waals surface area contributed by atoms with Crippen LogP contribution in [0.5, 0.6) is 0 Å². The molecule has 3 unspecified atom stereocenters. The van der Waals surface area contributed by atoms with Crippen molar-refractivity contribution in [3.63, 3.8) is 0 Å². The number of primary amides is 1. The van der Waals surface area contributed by atoms with Crippen LogP contribution in [0.15, 0.2) is 6.20 Å². The number of rotatable bonds is 5. The zero-order chi connectivity index (χ0) is 20.3. The Labute approximate surface area is 172 Å². The van der Waals surface area contributed by atoms with E-state index in [1.54, 1.807) is 6.20 Å². The van der Waals surface area contributed by atoms with Gasteiger partial charge in [-0.25, -0.2) is 9.97 Å². The summed E-state index contributed by atoms with van der Waals surface area (Å²) in [6.45, 7) is 5.04. The van der Waals surface area contributed by atoms with Crippen LogP contribution in [0.2, 0.25) is 0 Å². The average Bonchev–Trinajstić information content (AvgIpc) is 3.17. The van der Waals surface area contributed by atoms with Gasteiger partial charge in [0, 0.05) is 24.9 Å². The number of amides is 1. The first kappa shape index (κ1) is 19.2. The fourth-order valence-corrected chi connectivity index (χ4v) is 6.86. The summed E-state index contributed by atoms with van der Waals surface area (Å²) in [5.41, 5.74) is 6.14. The number of hydrogen-bond donors (Lipinski definition) is 2. The van der Waals surface area contributed by atoms with Gasteiger partial charge in [-0.15, -0.1) is 0 Å². The van der Waals surface area contributed by atoms with Crippen LogP contribution in [0.3, 0.4) is 0 Å². The van der Waals surface area contributed by atoms with E-state index in [9.17, 15) is 9.90 Å². The van der Waals surface area contributed by atoms with E-state index in [0.717, 1.165) is 32.1 Å². The van der Waals surface area contributed by atoms with Crippen molar-refractivity contribution in [2.24, 2.45) is 23.5 Å². The summed E-state index contributed by atoms with van der Waals surface area (Å²) >= 11 is 0. The molecule has 3 atom stereocenters. The SMILES string of the molecule is CC(C)N(c1ncc(C(N)=O)c(C2CCCO2)n1)C1C2CC3CC1CC(O)(C3)C2. The van der Waals surface area contributed by atoms with E-state index < -0.39 is 11.5 Å². The molecule has 4 aliphatic carbocycles. The first-order valence-electron chi connectivity index (χ1n) is 11.1. The molecule has 0 aromatic carbocycles. The summed E-state index contributed by atoms with van der Waals surface area (Å²) in [5, 5.41) is 11.0. The molecule has 2 heterocycles. The van der Waals surface area contributed by atoms with Crippen LogP contribution in [0.1, 0.15) is 80.9 Å². The lowest BCUT2D eigenvalue weighted by Crippen LogP contribution is -2.63. The van der Waals surface area contributed by atoms with Gasteiger partial charge in [0.15, 0.2) is 0 Å². The third-order valence-corrected chi connectivity index (χ3v) is 7.61. The first-order valence-corrected chi connectivity index (χ1v) is 11.1. The maximum Gasteiger partial charge on any atom is 0.252 e. The normalized spacial score (nSPS) is 38.0. The number of hydrogen-bond acceptors (Lipinski definition) is 6. The smallest absolute Gasteiger partial charge is 0.252 e. The highest BCUT2D eigenvalue weighted by Gasteiger charge is 2.56. The fourth-order valence-electron chi connectivity index (χ4n) is 6.86. The van der Waals surface area contributed by atoms with E-state index in [-0.39, 0.29) is 12.1 Å². The van der Waals surface area contributed by atoms with Crippen LogP contribution >= 0.6 is 0 Å². The predicted octanol–water partition coefficient (Wildman–Crippen LogP) is 2.58. The van der Waals surface area contributed by atoms with Crippen molar-refractivity contribution in [1.29, 1.82) is 0 Å². The Bertz CT molecular complexity index is 791. The number of nitrogens with zero attached hydrogens (tertiary/aromatic N) is 3. The van der Waals surface area contributed by atoms with Crippen LogP contribution in [0, 0.1) is 17.8 Å². The van der Waals surface area contributed by atoms with Crippen LogP contribution in [0.25, 0.3) is 0 Å². The molecule has 6 rings (SSSR count). The fraction of sp³-hybridized carbons (Fsp3) is 0.773. The second-order valence-corrected chi connectivity index (χ2v) is 10.0. The Balaban J connectivity index is 1.52. The van der Waals surface area contributed by atoms with Crippen LogP contribution < -0.4 is 10.6 Å². The number of aliphatic hydroxyl groups is 1.